The Hall–Kier alpha value is -2.83. The molecule has 0 aliphatic heterocycles. The fourth-order valence-corrected chi connectivity index (χ4v) is 4.57. The first-order chi connectivity index (χ1) is 14.2. The van der Waals surface area contributed by atoms with E-state index in [2.05, 4.69) is 0 Å². The summed E-state index contributed by atoms with van der Waals surface area (Å²) in [6.45, 7) is 5.03. The molecule has 30 heavy (non-hydrogen) atoms. The lowest BCUT2D eigenvalue weighted by molar-refractivity contribution is -0.119. The molecule has 0 spiro atoms. The summed E-state index contributed by atoms with van der Waals surface area (Å²) >= 11 is 6.02. The number of nitrogens with zero attached hydrogens (tertiary/aromatic N) is 1. The number of anilines is 1. The number of amides is 1. The van der Waals surface area contributed by atoms with Crippen LogP contribution in [-0.2, 0) is 14.8 Å². The Balaban J connectivity index is 1.99. The van der Waals surface area contributed by atoms with Crippen LogP contribution >= 0.6 is 11.6 Å². The average Bonchev–Trinajstić information content (AvgIpc) is 2.73. The molecule has 0 atom stereocenters. The summed E-state index contributed by atoms with van der Waals surface area (Å²) < 4.78 is 33.2. The van der Waals surface area contributed by atoms with E-state index in [-0.39, 0.29) is 4.90 Å². The number of ether oxygens (including phenoxy) is 1. The highest BCUT2D eigenvalue weighted by Gasteiger charge is 2.32. The molecule has 0 saturated heterocycles. The number of sulfonamides is 1. The molecule has 5 nitrogen and oxygen atoms in total. The van der Waals surface area contributed by atoms with Gasteiger partial charge in [0.2, 0.25) is 0 Å². The van der Waals surface area contributed by atoms with E-state index in [0.29, 0.717) is 22.0 Å². The van der Waals surface area contributed by atoms with Crippen LogP contribution in [0.2, 0.25) is 5.02 Å². The molecule has 3 aromatic rings. The second-order valence-corrected chi connectivity index (χ2v) is 9.09. The van der Waals surface area contributed by atoms with Crippen LogP contribution in [-0.4, -0.2) is 20.9 Å². The lowest BCUT2D eigenvalue weighted by atomic mass is 10.1. The number of hydrogen-bond donors (Lipinski definition) is 0. The first-order valence-electron chi connectivity index (χ1n) is 9.30. The largest absolute Gasteiger partial charge is 0.484 e. The van der Waals surface area contributed by atoms with Gasteiger partial charge in [0.05, 0.1) is 10.6 Å². The third kappa shape index (κ3) is 4.50. The Kier molecular flexibility index (Phi) is 6.48. The standard InChI is InChI=1S/C23H22ClNO4S/c1-16-8-7-11-22(18(16)3)25(30(27,28)20-9-5-4-6-10-20)23(26)15-29-19-12-13-21(24)17(2)14-19/h4-14H,15H2,1-3H3. The van der Waals surface area contributed by atoms with Crippen LogP contribution in [0.1, 0.15) is 16.7 Å². The zero-order valence-electron chi connectivity index (χ0n) is 16.9. The Morgan fingerprint density at radius 2 is 1.63 bits per heavy atom. The van der Waals surface area contributed by atoms with Gasteiger partial charge in [-0.05, 0) is 73.9 Å². The number of carbonyl (C=O) groups excluding carboxylic acids is 1. The number of hydrogen-bond acceptors (Lipinski definition) is 4. The third-order valence-corrected chi connectivity index (χ3v) is 6.97. The topological polar surface area (TPSA) is 63.7 Å². The van der Waals surface area contributed by atoms with E-state index in [0.717, 1.165) is 15.4 Å². The number of halogens is 1. The van der Waals surface area contributed by atoms with Crippen LogP contribution in [0.4, 0.5) is 5.69 Å². The first kappa shape index (κ1) is 21.9. The maximum Gasteiger partial charge on any atom is 0.278 e. The Bertz CT molecular complexity index is 1180. The van der Waals surface area contributed by atoms with Gasteiger partial charge >= 0.3 is 0 Å². The van der Waals surface area contributed by atoms with Crippen molar-refractivity contribution in [3.05, 3.63) is 88.4 Å². The summed E-state index contributed by atoms with van der Waals surface area (Å²) in [7, 11) is -4.13. The van der Waals surface area contributed by atoms with E-state index in [4.69, 9.17) is 16.3 Å². The van der Waals surface area contributed by atoms with Crippen LogP contribution in [0, 0.1) is 20.8 Å². The fraction of sp³-hybridized carbons (Fsp3) is 0.174. The third-order valence-electron chi connectivity index (χ3n) is 4.79. The molecule has 0 bridgehead atoms. The number of carbonyl (C=O) groups is 1. The summed E-state index contributed by atoms with van der Waals surface area (Å²) in [5.74, 6) is -0.261. The molecule has 3 aromatic carbocycles. The van der Waals surface area contributed by atoms with Gasteiger partial charge in [-0.25, -0.2) is 8.42 Å². The molecule has 0 saturated carbocycles. The van der Waals surface area contributed by atoms with Crippen molar-refractivity contribution in [2.45, 2.75) is 25.7 Å². The summed E-state index contributed by atoms with van der Waals surface area (Å²) in [5.41, 5.74) is 2.68. The Morgan fingerprint density at radius 3 is 2.30 bits per heavy atom. The lowest BCUT2D eigenvalue weighted by Crippen LogP contribution is -2.40. The van der Waals surface area contributed by atoms with Crippen molar-refractivity contribution in [1.29, 1.82) is 0 Å². The lowest BCUT2D eigenvalue weighted by Gasteiger charge is -2.25. The summed E-state index contributed by atoms with van der Waals surface area (Å²) in [6, 6.07) is 18.1. The van der Waals surface area contributed by atoms with Crippen molar-refractivity contribution >= 4 is 33.2 Å². The highest BCUT2D eigenvalue weighted by atomic mass is 35.5. The minimum atomic E-state index is -4.13. The highest BCUT2D eigenvalue weighted by molar-refractivity contribution is 7.93. The van der Waals surface area contributed by atoms with E-state index >= 15 is 0 Å². The summed E-state index contributed by atoms with van der Waals surface area (Å²) in [4.78, 5) is 13.2. The number of benzene rings is 3. The van der Waals surface area contributed by atoms with Crippen molar-refractivity contribution < 1.29 is 17.9 Å². The number of rotatable bonds is 6. The molecule has 0 fully saturated rings. The normalized spacial score (nSPS) is 11.2. The quantitative estimate of drug-likeness (QED) is 0.533. The molecular formula is C23H22ClNO4S. The van der Waals surface area contributed by atoms with Crippen LogP contribution in [0.5, 0.6) is 5.75 Å². The molecule has 0 unspecified atom stereocenters. The monoisotopic (exact) mass is 443 g/mol. The highest BCUT2D eigenvalue weighted by Crippen LogP contribution is 2.29. The van der Waals surface area contributed by atoms with Crippen molar-refractivity contribution in [3.8, 4) is 5.75 Å². The Morgan fingerprint density at radius 1 is 0.933 bits per heavy atom. The molecule has 0 heterocycles. The molecule has 0 radical (unpaired) electrons. The molecule has 0 aromatic heterocycles. The van der Waals surface area contributed by atoms with Crippen molar-refractivity contribution in [1.82, 2.24) is 0 Å². The maximum absolute atomic E-state index is 13.4. The van der Waals surface area contributed by atoms with Crippen LogP contribution in [0.25, 0.3) is 0 Å². The molecular weight excluding hydrogens is 422 g/mol. The van der Waals surface area contributed by atoms with Crippen LogP contribution in [0.15, 0.2) is 71.6 Å². The van der Waals surface area contributed by atoms with Gasteiger partial charge in [-0.3, -0.25) is 4.79 Å². The van der Waals surface area contributed by atoms with Gasteiger partial charge in [-0.1, -0.05) is 41.9 Å². The first-order valence-corrected chi connectivity index (χ1v) is 11.1. The minimum Gasteiger partial charge on any atom is -0.484 e. The second-order valence-electron chi connectivity index (χ2n) is 6.89. The van der Waals surface area contributed by atoms with E-state index in [1.807, 2.05) is 19.9 Å². The molecule has 156 valence electrons. The zero-order chi connectivity index (χ0) is 21.9. The molecule has 1 amide bonds. The smallest absolute Gasteiger partial charge is 0.278 e. The van der Waals surface area contributed by atoms with Crippen molar-refractivity contribution in [2.24, 2.45) is 0 Å². The van der Waals surface area contributed by atoms with Crippen LogP contribution in [0.3, 0.4) is 0 Å². The average molecular weight is 444 g/mol. The molecule has 0 N–H and O–H groups in total. The van der Waals surface area contributed by atoms with Gasteiger partial charge < -0.3 is 4.74 Å². The molecule has 0 aliphatic carbocycles. The van der Waals surface area contributed by atoms with Gasteiger partial charge in [0.15, 0.2) is 6.61 Å². The second kappa shape index (κ2) is 8.90. The predicted octanol–water partition coefficient (Wildman–Crippen LogP) is 5.07. The predicted molar refractivity (Wildman–Crippen MR) is 119 cm³/mol. The maximum atomic E-state index is 13.4. The van der Waals surface area contributed by atoms with Crippen molar-refractivity contribution in [3.63, 3.8) is 0 Å². The van der Waals surface area contributed by atoms with Gasteiger partial charge in [0, 0.05) is 5.02 Å². The molecule has 0 aliphatic rings. The Labute approximate surface area is 181 Å². The van der Waals surface area contributed by atoms with E-state index < -0.39 is 22.5 Å². The van der Waals surface area contributed by atoms with Crippen molar-refractivity contribution in [2.75, 3.05) is 10.9 Å². The van der Waals surface area contributed by atoms with E-state index in [9.17, 15) is 13.2 Å². The SMILES string of the molecule is Cc1cc(OCC(=O)N(c2cccc(C)c2C)S(=O)(=O)c2ccccc2)ccc1Cl. The van der Waals surface area contributed by atoms with E-state index in [1.165, 1.54) is 12.1 Å². The summed E-state index contributed by atoms with van der Waals surface area (Å²) in [6.07, 6.45) is 0. The minimum absolute atomic E-state index is 0.0293. The zero-order valence-corrected chi connectivity index (χ0v) is 18.5. The van der Waals surface area contributed by atoms with Gasteiger partial charge in [0.25, 0.3) is 15.9 Å². The van der Waals surface area contributed by atoms with Gasteiger partial charge in [-0.2, -0.15) is 4.31 Å². The van der Waals surface area contributed by atoms with E-state index in [1.54, 1.807) is 55.5 Å². The number of aryl methyl sites for hydroxylation is 2. The summed E-state index contributed by atoms with van der Waals surface area (Å²) in [5, 5.41) is 0.581. The molecule has 3 rings (SSSR count). The molecule has 7 heteroatoms. The van der Waals surface area contributed by atoms with Crippen LogP contribution < -0.4 is 9.04 Å². The fourth-order valence-electron chi connectivity index (χ4n) is 2.96. The van der Waals surface area contributed by atoms with Gasteiger partial charge in [-0.15, -0.1) is 0 Å². The van der Waals surface area contributed by atoms with Gasteiger partial charge in [0.1, 0.15) is 5.75 Å².